The van der Waals surface area contributed by atoms with Gasteiger partial charge in [0.25, 0.3) is 0 Å². The zero-order chi connectivity index (χ0) is 21.0. The van der Waals surface area contributed by atoms with E-state index in [2.05, 4.69) is 16.3 Å². The molecule has 156 valence electrons. The number of hydrogen-bond acceptors (Lipinski definition) is 5. The van der Waals surface area contributed by atoms with Crippen LogP contribution in [0.4, 0.5) is 4.39 Å². The smallest absolute Gasteiger partial charge is 0.223 e. The molecule has 3 rings (SSSR count). The summed E-state index contributed by atoms with van der Waals surface area (Å²) in [6.07, 6.45) is 4.72. The van der Waals surface area contributed by atoms with Gasteiger partial charge in [-0.15, -0.1) is 17.9 Å². The van der Waals surface area contributed by atoms with Crippen molar-refractivity contribution in [1.29, 1.82) is 0 Å². The quantitative estimate of drug-likeness (QED) is 0.644. The molecule has 1 aromatic heterocycles. The summed E-state index contributed by atoms with van der Waals surface area (Å²) in [6, 6.07) is 5.55. The molecule has 1 aromatic carbocycles. The highest BCUT2D eigenvalue weighted by molar-refractivity contribution is 7.88. The van der Waals surface area contributed by atoms with Crippen LogP contribution in [-0.4, -0.2) is 49.1 Å². The number of halogens is 1. The van der Waals surface area contributed by atoms with Gasteiger partial charge in [0, 0.05) is 36.4 Å². The average molecular weight is 438 g/mol. The van der Waals surface area contributed by atoms with Gasteiger partial charge in [0.1, 0.15) is 10.8 Å². The van der Waals surface area contributed by atoms with Crippen molar-refractivity contribution in [3.8, 4) is 10.6 Å². The van der Waals surface area contributed by atoms with E-state index in [-0.39, 0.29) is 23.8 Å². The van der Waals surface area contributed by atoms with Crippen molar-refractivity contribution in [1.82, 2.24) is 14.6 Å². The molecular formula is C20H24FN3O3S2. The average Bonchev–Trinajstić information content (AvgIpc) is 3.27. The molecule has 1 amide bonds. The highest BCUT2D eigenvalue weighted by Gasteiger charge is 2.38. The summed E-state index contributed by atoms with van der Waals surface area (Å²) < 4.78 is 39.7. The van der Waals surface area contributed by atoms with Gasteiger partial charge in [0.05, 0.1) is 18.0 Å². The third-order valence-electron chi connectivity index (χ3n) is 4.84. The van der Waals surface area contributed by atoms with Crippen molar-refractivity contribution < 1.29 is 17.6 Å². The van der Waals surface area contributed by atoms with Crippen molar-refractivity contribution in [3.05, 3.63) is 53.8 Å². The third kappa shape index (κ3) is 5.71. The normalized spacial score (nSPS) is 19.4. The number of amides is 1. The maximum Gasteiger partial charge on any atom is 0.223 e. The lowest BCUT2D eigenvalue weighted by molar-refractivity contribution is -0.132. The van der Waals surface area contributed by atoms with E-state index in [4.69, 9.17) is 0 Å². The molecule has 2 atom stereocenters. The molecule has 6 nitrogen and oxygen atoms in total. The Morgan fingerprint density at radius 1 is 1.48 bits per heavy atom. The molecule has 1 N–H and O–H groups in total. The molecule has 1 aliphatic heterocycles. The maximum absolute atomic E-state index is 13.5. The number of allylic oxidation sites excluding steroid dienone is 1. The molecule has 2 heterocycles. The molecule has 2 aromatic rings. The zero-order valence-corrected chi connectivity index (χ0v) is 17.8. The lowest BCUT2D eigenvalue weighted by Gasteiger charge is -2.28. The van der Waals surface area contributed by atoms with Gasteiger partial charge in [-0.05, 0) is 25.0 Å². The van der Waals surface area contributed by atoms with Gasteiger partial charge in [-0.25, -0.2) is 22.5 Å². The fourth-order valence-corrected chi connectivity index (χ4v) is 5.22. The lowest BCUT2D eigenvalue weighted by atomic mass is 10.0. The number of nitrogens with zero attached hydrogens (tertiary/aromatic N) is 2. The molecule has 0 saturated carbocycles. The van der Waals surface area contributed by atoms with Gasteiger partial charge in [-0.2, -0.15) is 0 Å². The van der Waals surface area contributed by atoms with Gasteiger partial charge in [0.2, 0.25) is 15.9 Å². The second kappa shape index (κ2) is 9.15. The number of thiazole rings is 1. The molecule has 0 spiro atoms. The summed E-state index contributed by atoms with van der Waals surface area (Å²) in [5, 5.41) is 2.57. The zero-order valence-electron chi connectivity index (χ0n) is 16.2. The number of sulfonamides is 1. The predicted molar refractivity (Wildman–Crippen MR) is 113 cm³/mol. The Morgan fingerprint density at radius 3 is 2.97 bits per heavy atom. The van der Waals surface area contributed by atoms with Crippen LogP contribution in [0.2, 0.25) is 0 Å². The molecule has 0 unspecified atom stereocenters. The Kier molecular flexibility index (Phi) is 6.81. The third-order valence-corrected chi connectivity index (χ3v) is 6.51. The van der Waals surface area contributed by atoms with Crippen LogP contribution in [0.5, 0.6) is 0 Å². The van der Waals surface area contributed by atoms with Crippen molar-refractivity contribution in [3.63, 3.8) is 0 Å². The minimum atomic E-state index is -3.40. The molecule has 1 fully saturated rings. The molecule has 0 radical (unpaired) electrons. The fraction of sp³-hybridized carbons (Fsp3) is 0.400. The number of carbonyl (C=O) groups excluding carboxylic acids is 1. The number of nitrogens with one attached hydrogen (secondary N) is 1. The molecule has 9 heteroatoms. The minimum Gasteiger partial charge on any atom is -0.338 e. The first-order valence-corrected chi connectivity index (χ1v) is 12.1. The minimum absolute atomic E-state index is 0.0201. The Bertz CT molecular complexity index is 990. The van der Waals surface area contributed by atoms with E-state index in [0.29, 0.717) is 42.8 Å². The number of carbonyl (C=O) groups is 1. The second-order valence-corrected chi connectivity index (χ2v) is 9.76. The van der Waals surface area contributed by atoms with E-state index in [1.165, 1.54) is 23.5 Å². The van der Waals surface area contributed by atoms with Crippen LogP contribution in [0.3, 0.4) is 0 Å². The monoisotopic (exact) mass is 437 g/mol. The topological polar surface area (TPSA) is 79.4 Å². The Labute approximate surface area is 174 Å². The van der Waals surface area contributed by atoms with Gasteiger partial charge in [0.15, 0.2) is 0 Å². The van der Waals surface area contributed by atoms with Crippen LogP contribution in [-0.2, 0) is 21.2 Å². The summed E-state index contributed by atoms with van der Waals surface area (Å²) in [5.74, 6) is -0.347. The second-order valence-electron chi connectivity index (χ2n) is 7.13. The maximum atomic E-state index is 13.5. The van der Waals surface area contributed by atoms with Crippen molar-refractivity contribution >= 4 is 27.3 Å². The largest absolute Gasteiger partial charge is 0.338 e. The first-order chi connectivity index (χ1) is 13.8. The molecule has 1 aliphatic rings. The van der Waals surface area contributed by atoms with Crippen LogP contribution in [0.25, 0.3) is 10.6 Å². The molecule has 0 aliphatic carbocycles. The lowest BCUT2D eigenvalue weighted by Crippen LogP contribution is -2.47. The van der Waals surface area contributed by atoms with Crippen LogP contribution in [0.1, 0.15) is 25.0 Å². The van der Waals surface area contributed by atoms with E-state index in [1.807, 2.05) is 5.38 Å². The number of rotatable bonds is 8. The van der Waals surface area contributed by atoms with E-state index < -0.39 is 10.0 Å². The van der Waals surface area contributed by atoms with Gasteiger partial charge in [-0.3, -0.25) is 4.79 Å². The summed E-state index contributed by atoms with van der Waals surface area (Å²) >= 11 is 1.40. The van der Waals surface area contributed by atoms with Gasteiger partial charge >= 0.3 is 0 Å². The fourth-order valence-electron chi connectivity index (χ4n) is 3.57. The summed E-state index contributed by atoms with van der Waals surface area (Å²) in [4.78, 5) is 19.0. The van der Waals surface area contributed by atoms with Crippen molar-refractivity contribution in [2.24, 2.45) is 0 Å². The number of aromatic nitrogens is 1. The predicted octanol–water partition coefficient (Wildman–Crippen LogP) is 2.98. The number of hydrogen-bond donors (Lipinski definition) is 1. The van der Waals surface area contributed by atoms with E-state index in [9.17, 15) is 17.6 Å². The Balaban J connectivity index is 1.81. The van der Waals surface area contributed by atoms with E-state index in [0.717, 1.165) is 11.9 Å². The summed E-state index contributed by atoms with van der Waals surface area (Å²) in [5.41, 5.74) is 1.44. The van der Waals surface area contributed by atoms with Crippen LogP contribution in [0, 0.1) is 5.82 Å². The van der Waals surface area contributed by atoms with Crippen LogP contribution < -0.4 is 4.72 Å². The highest BCUT2D eigenvalue weighted by atomic mass is 32.2. The van der Waals surface area contributed by atoms with Gasteiger partial charge in [-0.1, -0.05) is 18.2 Å². The van der Waals surface area contributed by atoms with Crippen molar-refractivity contribution in [2.45, 2.75) is 37.8 Å². The first kappa shape index (κ1) is 21.6. The SMILES string of the molecule is C=CCCC(=O)N1CC[C@H](NS(C)(=O)=O)[C@@H]1Cc1csc(-c2cccc(F)c2)n1. The Hall–Kier alpha value is -2.10. The Morgan fingerprint density at radius 2 is 2.28 bits per heavy atom. The molecule has 1 saturated heterocycles. The number of benzene rings is 1. The van der Waals surface area contributed by atoms with E-state index >= 15 is 0 Å². The van der Waals surface area contributed by atoms with E-state index in [1.54, 1.807) is 23.1 Å². The molecule has 29 heavy (non-hydrogen) atoms. The highest BCUT2D eigenvalue weighted by Crippen LogP contribution is 2.28. The number of likely N-dealkylation sites (tertiary alicyclic amines) is 1. The van der Waals surface area contributed by atoms with Crippen LogP contribution in [0.15, 0.2) is 42.3 Å². The summed E-state index contributed by atoms with van der Waals surface area (Å²) in [6.45, 7) is 4.14. The molecular weight excluding hydrogens is 413 g/mol. The summed E-state index contributed by atoms with van der Waals surface area (Å²) in [7, 11) is -3.40. The standard InChI is InChI=1S/C20H24FN3O3S2/c1-3-4-8-19(25)24-10-9-17(23-29(2,26)27)18(24)12-16-13-28-20(22-16)14-6-5-7-15(21)11-14/h3,5-7,11,13,17-18,23H,1,4,8-10,12H2,2H3/t17-,18-/m0/s1. The molecule has 0 bridgehead atoms. The van der Waals surface area contributed by atoms with Crippen molar-refractivity contribution in [2.75, 3.05) is 12.8 Å². The first-order valence-electron chi connectivity index (χ1n) is 9.35. The van der Waals surface area contributed by atoms with Crippen LogP contribution >= 0.6 is 11.3 Å². The van der Waals surface area contributed by atoms with Gasteiger partial charge < -0.3 is 4.90 Å².